The van der Waals surface area contributed by atoms with Crippen LogP contribution in [0.15, 0.2) is 22.7 Å². The minimum atomic E-state index is -0.327. The predicted molar refractivity (Wildman–Crippen MR) is 72.8 cm³/mol. The molecule has 1 aromatic carbocycles. The minimum absolute atomic E-state index is 0.150. The average molecular weight is 316 g/mol. The number of hydrogen-bond donors (Lipinski definition) is 1. The fourth-order valence-electron chi connectivity index (χ4n) is 1.37. The molecular weight excluding hydrogens is 305 g/mol. The number of aryl methyl sites for hydroxylation is 1. The van der Waals surface area contributed by atoms with Gasteiger partial charge in [-0.3, -0.25) is 4.79 Å². The summed E-state index contributed by atoms with van der Waals surface area (Å²) in [6, 6.07) is 4.76. The maximum absolute atomic E-state index is 11.6. The number of aromatic nitrogens is 2. The second-order valence-electron chi connectivity index (χ2n) is 3.88. The molecule has 8 heteroatoms. The lowest BCUT2D eigenvalue weighted by Gasteiger charge is -2.07. The molecule has 1 aromatic heterocycles. The molecule has 0 fully saturated rings. The number of hydrogen-bond acceptors (Lipinski definition) is 5. The van der Waals surface area contributed by atoms with Gasteiger partial charge in [-0.25, -0.2) is 0 Å². The Bertz CT molecular complexity index is 616. The van der Waals surface area contributed by atoms with Crippen molar-refractivity contribution in [3.63, 3.8) is 0 Å². The van der Waals surface area contributed by atoms with Gasteiger partial charge in [-0.05, 0) is 25.1 Å². The maximum Gasteiger partial charge on any atom is 0.258 e. The van der Waals surface area contributed by atoms with Gasteiger partial charge in [0.15, 0.2) is 12.4 Å². The van der Waals surface area contributed by atoms with Crippen molar-refractivity contribution in [3.05, 3.63) is 40.0 Å². The number of carbonyl (C=O) groups excluding carboxylic acids is 1. The van der Waals surface area contributed by atoms with Gasteiger partial charge >= 0.3 is 0 Å². The van der Waals surface area contributed by atoms with Crippen molar-refractivity contribution in [2.24, 2.45) is 0 Å². The van der Waals surface area contributed by atoms with Gasteiger partial charge in [-0.1, -0.05) is 28.4 Å². The third-order valence-corrected chi connectivity index (χ3v) is 2.79. The van der Waals surface area contributed by atoms with Crippen LogP contribution in [0.3, 0.4) is 0 Å². The molecule has 1 N–H and O–H groups in total. The Morgan fingerprint density at radius 2 is 2.25 bits per heavy atom. The van der Waals surface area contributed by atoms with Gasteiger partial charge in [-0.2, -0.15) is 4.98 Å². The van der Waals surface area contributed by atoms with Crippen molar-refractivity contribution in [2.45, 2.75) is 13.5 Å². The van der Waals surface area contributed by atoms with E-state index in [4.69, 9.17) is 32.5 Å². The highest BCUT2D eigenvalue weighted by Gasteiger charge is 2.08. The summed E-state index contributed by atoms with van der Waals surface area (Å²) in [7, 11) is 0. The van der Waals surface area contributed by atoms with Crippen LogP contribution in [-0.2, 0) is 11.3 Å². The molecule has 0 spiro atoms. The van der Waals surface area contributed by atoms with Crippen LogP contribution < -0.4 is 10.1 Å². The van der Waals surface area contributed by atoms with Crippen molar-refractivity contribution in [3.8, 4) is 5.75 Å². The Hall–Kier alpha value is -1.79. The van der Waals surface area contributed by atoms with Crippen LogP contribution in [0.5, 0.6) is 5.75 Å². The summed E-state index contributed by atoms with van der Waals surface area (Å²) in [5.41, 5.74) is 0. The first-order chi connectivity index (χ1) is 9.54. The van der Waals surface area contributed by atoms with E-state index < -0.39 is 0 Å². The van der Waals surface area contributed by atoms with E-state index in [9.17, 15) is 4.79 Å². The van der Waals surface area contributed by atoms with E-state index in [0.717, 1.165) is 0 Å². The third-order valence-electron chi connectivity index (χ3n) is 2.26. The molecule has 0 aliphatic heterocycles. The summed E-state index contributed by atoms with van der Waals surface area (Å²) >= 11 is 11.7. The number of nitrogens with one attached hydrogen (secondary N) is 1. The second-order valence-corrected chi connectivity index (χ2v) is 4.72. The first kappa shape index (κ1) is 14.6. The van der Waals surface area contributed by atoms with Crippen LogP contribution in [0, 0.1) is 6.92 Å². The zero-order valence-corrected chi connectivity index (χ0v) is 12.0. The molecule has 2 aromatic rings. The van der Waals surface area contributed by atoms with Crippen molar-refractivity contribution in [1.29, 1.82) is 0 Å². The van der Waals surface area contributed by atoms with Gasteiger partial charge in [0.1, 0.15) is 5.75 Å². The number of benzene rings is 1. The molecule has 0 unspecified atom stereocenters. The SMILES string of the molecule is Cc1noc(CNC(=O)COc2ccc(Cl)cc2Cl)n1. The van der Waals surface area contributed by atoms with Crippen LogP contribution in [0.25, 0.3) is 0 Å². The molecule has 1 heterocycles. The number of rotatable bonds is 5. The Balaban J connectivity index is 1.80. The first-order valence-corrected chi connectivity index (χ1v) is 6.44. The highest BCUT2D eigenvalue weighted by molar-refractivity contribution is 6.35. The number of amides is 1. The maximum atomic E-state index is 11.6. The van der Waals surface area contributed by atoms with Gasteiger partial charge in [0.05, 0.1) is 11.6 Å². The third kappa shape index (κ3) is 4.11. The number of halogens is 2. The Morgan fingerprint density at radius 1 is 1.45 bits per heavy atom. The molecule has 0 saturated heterocycles. The van der Waals surface area contributed by atoms with E-state index in [2.05, 4.69) is 15.5 Å². The lowest BCUT2D eigenvalue weighted by molar-refractivity contribution is -0.123. The van der Waals surface area contributed by atoms with Gasteiger partial charge in [0.2, 0.25) is 5.89 Å². The average Bonchev–Trinajstić information content (AvgIpc) is 2.81. The van der Waals surface area contributed by atoms with Gasteiger partial charge < -0.3 is 14.6 Å². The van der Waals surface area contributed by atoms with Crippen molar-refractivity contribution in [1.82, 2.24) is 15.5 Å². The summed E-state index contributed by atoms with van der Waals surface area (Å²) in [5.74, 6) is 0.908. The van der Waals surface area contributed by atoms with Crippen LogP contribution in [-0.4, -0.2) is 22.7 Å². The number of ether oxygens (including phenoxy) is 1. The molecule has 106 valence electrons. The summed E-state index contributed by atoms with van der Waals surface area (Å²) in [6.07, 6.45) is 0. The van der Waals surface area contributed by atoms with E-state index >= 15 is 0 Å². The molecule has 0 radical (unpaired) electrons. The lowest BCUT2D eigenvalue weighted by atomic mass is 10.3. The van der Waals surface area contributed by atoms with Crippen LogP contribution in [0.4, 0.5) is 0 Å². The van der Waals surface area contributed by atoms with Crippen LogP contribution in [0.2, 0.25) is 10.0 Å². The summed E-state index contributed by atoms with van der Waals surface area (Å²) in [4.78, 5) is 15.5. The van der Waals surface area contributed by atoms with E-state index in [1.165, 1.54) is 6.07 Å². The van der Waals surface area contributed by atoms with Gasteiger partial charge in [-0.15, -0.1) is 0 Å². The summed E-state index contributed by atoms with van der Waals surface area (Å²) < 4.78 is 10.1. The largest absolute Gasteiger partial charge is 0.482 e. The molecule has 0 aliphatic rings. The van der Waals surface area contributed by atoms with E-state index in [0.29, 0.717) is 27.5 Å². The molecule has 20 heavy (non-hydrogen) atoms. The summed E-state index contributed by atoms with van der Waals surface area (Å²) in [5, 5.41) is 7.04. The van der Waals surface area contributed by atoms with Crippen molar-refractivity contribution >= 4 is 29.1 Å². The lowest BCUT2D eigenvalue weighted by Crippen LogP contribution is -2.28. The molecule has 0 aliphatic carbocycles. The minimum Gasteiger partial charge on any atom is -0.482 e. The molecule has 2 rings (SSSR count). The molecule has 0 saturated carbocycles. The number of carbonyl (C=O) groups is 1. The Labute approximate surface area is 125 Å². The fraction of sp³-hybridized carbons (Fsp3) is 0.250. The van der Waals surface area contributed by atoms with Crippen LogP contribution in [0.1, 0.15) is 11.7 Å². The summed E-state index contributed by atoms with van der Waals surface area (Å²) in [6.45, 7) is 1.67. The standard InChI is InChI=1S/C12H11Cl2N3O3/c1-7-16-12(20-17-7)5-15-11(18)6-19-10-3-2-8(13)4-9(10)14/h2-4H,5-6H2,1H3,(H,15,18). The van der Waals surface area contributed by atoms with Crippen molar-refractivity contribution in [2.75, 3.05) is 6.61 Å². The van der Waals surface area contributed by atoms with E-state index in [1.54, 1.807) is 19.1 Å². The highest BCUT2D eigenvalue weighted by atomic mass is 35.5. The molecular formula is C12H11Cl2N3O3. The monoisotopic (exact) mass is 315 g/mol. The molecule has 1 amide bonds. The Kier molecular flexibility index (Phi) is 4.81. The van der Waals surface area contributed by atoms with E-state index in [-0.39, 0.29) is 19.1 Å². The van der Waals surface area contributed by atoms with E-state index in [1.807, 2.05) is 0 Å². The fourth-order valence-corrected chi connectivity index (χ4v) is 1.84. The topological polar surface area (TPSA) is 77.2 Å². The number of nitrogens with zero attached hydrogens (tertiary/aromatic N) is 2. The Morgan fingerprint density at radius 3 is 2.90 bits per heavy atom. The van der Waals surface area contributed by atoms with Gasteiger partial charge in [0, 0.05) is 5.02 Å². The zero-order chi connectivity index (χ0) is 14.5. The normalized spacial score (nSPS) is 10.3. The van der Waals surface area contributed by atoms with Gasteiger partial charge in [0.25, 0.3) is 5.91 Å². The van der Waals surface area contributed by atoms with Crippen LogP contribution >= 0.6 is 23.2 Å². The molecule has 0 bridgehead atoms. The smallest absolute Gasteiger partial charge is 0.258 e. The highest BCUT2D eigenvalue weighted by Crippen LogP contribution is 2.27. The quantitative estimate of drug-likeness (QED) is 0.916. The molecule has 6 nitrogen and oxygen atoms in total. The zero-order valence-electron chi connectivity index (χ0n) is 10.5. The predicted octanol–water partition coefficient (Wildman–Crippen LogP) is 2.38. The first-order valence-electron chi connectivity index (χ1n) is 5.68. The molecule has 0 atom stereocenters. The van der Waals surface area contributed by atoms with Crippen molar-refractivity contribution < 1.29 is 14.1 Å². The second kappa shape index (κ2) is 6.58.